The summed E-state index contributed by atoms with van der Waals surface area (Å²) in [5, 5.41) is 7.07. The van der Waals surface area contributed by atoms with Gasteiger partial charge in [-0.25, -0.2) is 4.68 Å². The second-order valence-corrected chi connectivity index (χ2v) is 13.9. The van der Waals surface area contributed by atoms with Crippen LogP contribution in [0.2, 0.25) is 15.1 Å². The fourth-order valence-electron chi connectivity index (χ4n) is 8.13. The van der Waals surface area contributed by atoms with Gasteiger partial charge in [-0.15, -0.1) is 0 Å². The average Bonchev–Trinajstić information content (AvgIpc) is 3.24. The lowest BCUT2D eigenvalue weighted by Crippen LogP contribution is -2.57. The third-order valence-corrected chi connectivity index (χ3v) is 10.7. The highest BCUT2D eigenvalue weighted by molar-refractivity contribution is 6.35. The number of fused-ring (bicyclic) bond motifs is 2. The topological polar surface area (TPSA) is 24.3 Å². The average molecular weight is 600 g/mol. The molecule has 3 aliphatic rings. The van der Waals surface area contributed by atoms with Gasteiger partial charge in [-0.05, 0) is 92.2 Å². The molecule has 214 valence electrons. The lowest BCUT2D eigenvalue weighted by atomic mass is 9.61. The zero-order valence-electron chi connectivity index (χ0n) is 23.9. The predicted octanol–water partition coefficient (Wildman–Crippen LogP) is 8.78. The summed E-state index contributed by atoms with van der Waals surface area (Å²) in [6, 6.07) is 14.3. The minimum atomic E-state index is 0.586. The fourth-order valence-corrected chi connectivity index (χ4v) is 8.74. The standard InChI is InChI=1S/C33H41Cl3N4/c1-4-24-17-23-15-21(2)16-26(18-23)33(24)39-13-11-38(12-14-39)20-30-22(3)32(25-5-7-27(34)8-6-25)40(37-30)31-10-9-28(35)19-29(31)36/h5-10,19,21,23-24,26,33H,4,11-18,20H2,1-3H3. The number of hydrogen-bond donors (Lipinski definition) is 0. The van der Waals surface area contributed by atoms with Crippen LogP contribution in [0.4, 0.5) is 0 Å². The van der Waals surface area contributed by atoms with E-state index in [1.54, 1.807) is 6.07 Å². The number of halogens is 3. The first-order valence-electron chi connectivity index (χ1n) is 15.1. The second kappa shape index (κ2) is 12.0. The lowest BCUT2D eigenvalue weighted by molar-refractivity contribution is -0.0294. The number of hydrogen-bond acceptors (Lipinski definition) is 3. The Kier molecular flexibility index (Phi) is 8.55. The van der Waals surface area contributed by atoms with Crippen molar-refractivity contribution in [2.75, 3.05) is 26.2 Å². The molecule has 5 unspecified atom stereocenters. The van der Waals surface area contributed by atoms with Gasteiger partial charge in [0.25, 0.3) is 0 Å². The van der Waals surface area contributed by atoms with Gasteiger partial charge < -0.3 is 0 Å². The first-order valence-corrected chi connectivity index (χ1v) is 16.2. The van der Waals surface area contributed by atoms with Crippen LogP contribution >= 0.6 is 34.8 Å². The molecule has 40 heavy (non-hydrogen) atoms. The van der Waals surface area contributed by atoms with E-state index in [0.29, 0.717) is 10.0 Å². The molecule has 4 nitrogen and oxygen atoms in total. The summed E-state index contributed by atoms with van der Waals surface area (Å²) in [5.74, 6) is 3.63. The summed E-state index contributed by atoms with van der Waals surface area (Å²) in [4.78, 5) is 5.45. The van der Waals surface area contributed by atoms with Crippen LogP contribution in [0.3, 0.4) is 0 Å². The Hall–Kier alpha value is -1.56. The van der Waals surface area contributed by atoms with Crippen molar-refractivity contribution in [2.24, 2.45) is 23.7 Å². The van der Waals surface area contributed by atoms with Crippen LogP contribution in [-0.2, 0) is 6.54 Å². The molecular formula is C33H41Cl3N4. The van der Waals surface area contributed by atoms with Crippen LogP contribution in [0.1, 0.15) is 57.2 Å². The summed E-state index contributed by atoms with van der Waals surface area (Å²) in [7, 11) is 0. The maximum absolute atomic E-state index is 6.68. The third kappa shape index (κ3) is 5.72. The summed E-state index contributed by atoms with van der Waals surface area (Å²) in [6.07, 6.45) is 7.11. The Bertz CT molecular complexity index is 1330. The summed E-state index contributed by atoms with van der Waals surface area (Å²) >= 11 is 19.1. The number of piperazine rings is 1. The molecule has 2 aliphatic carbocycles. The van der Waals surface area contributed by atoms with Gasteiger partial charge in [0, 0.05) is 54.4 Å². The molecule has 0 radical (unpaired) electrons. The van der Waals surface area contributed by atoms with Gasteiger partial charge in [0.1, 0.15) is 0 Å². The number of rotatable bonds is 6. The van der Waals surface area contributed by atoms with Gasteiger partial charge in [0.05, 0.1) is 22.1 Å². The van der Waals surface area contributed by atoms with Crippen molar-refractivity contribution in [1.82, 2.24) is 19.6 Å². The molecular weight excluding hydrogens is 559 g/mol. The Morgan fingerprint density at radius 3 is 2.30 bits per heavy atom. The second-order valence-electron chi connectivity index (χ2n) is 12.6. The van der Waals surface area contributed by atoms with Crippen molar-refractivity contribution in [3.05, 3.63) is 68.8 Å². The summed E-state index contributed by atoms with van der Waals surface area (Å²) < 4.78 is 1.98. The molecule has 0 spiro atoms. The minimum absolute atomic E-state index is 0.586. The normalized spacial score (nSPS) is 27.7. The van der Waals surface area contributed by atoms with Gasteiger partial charge in [0.15, 0.2) is 0 Å². The van der Waals surface area contributed by atoms with Gasteiger partial charge >= 0.3 is 0 Å². The first-order chi connectivity index (χ1) is 19.3. The number of nitrogens with zero attached hydrogens (tertiary/aromatic N) is 4. The highest BCUT2D eigenvalue weighted by Gasteiger charge is 2.44. The van der Waals surface area contributed by atoms with Gasteiger partial charge in [-0.3, -0.25) is 9.80 Å². The maximum atomic E-state index is 6.68. The molecule has 7 heteroatoms. The number of aromatic nitrogens is 2. The molecule has 6 rings (SSSR count). The van der Waals surface area contributed by atoms with Crippen LogP contribution in [0.5, 0.6) is 0 Å². The van der Waals surface area contributed by atoms with E-state index in [1.807, 2.05) is 28.9 Å². The predicted molar refractivity (Wildman–Crippen MR) is 168 cm³/mol. The molecule has 2 bridgehead atoms. The van der Waals surface area contributed by atoms with Crippen molar-refractivity contribution in [3.63, 3.8) is 0 Å². The quantitative estimate of drug-likeness (QED) is 0.283. The van der Waals surface area contributed by atoms with Crippen molar-refractivity contribution in [1.29, 1.82) is 0 Å². The molecule has 1 saturated heterocycles. The molecule has 2 aromatic carbocycles. The lowest BCUT2D eigenvalue weighted by Gasteiger charge is -2.53. The Labute approximate surface area is 254 Å². The van der Waals surface area contributed by atoms with E-state index in [4.69, 9.17) is 39.9 Å². The zero-order valence-corrected chi connectivity index (χ0v) is 26.2. The molecule has 1 aromatic heterocycles. The van der Waals surface area contributed by atoms with Crippen LogP contribution < -0.4 is 0 Å². The number of benzene rings is 2. The molecule has 2 heterocycles. The zero-order chi connectivity index (χ0) is 28.0. The van der Waals surface area contributed by atoms with Crippen molar-refractivity contribution < 1.29 is 0 Å². The summed E-state index contributed by atoms with van der Waals surface area (Å²) in [6.45, 7) is 12.4. The Morgan fingerprint density at radius 1 is 0.875 bits per heavy atom. The van der Waals surface area contributed by atoms with E-state index in [9.17, 15) is 0 Å². The van der Waals surface area contributed by atoms with Crippen molar-refractivity contribution in [2.45, 2.75) is 65.5 Å². The van der Waals surface area contributed by atoms with E-state index in [1.165, 1.54) is 37.7 Å². The fraction of sp³-hybridized carbons (Fsp3) is 0.545. The van der Waals surface area contributed by atoms with E-state index in [0.717, 1.165) is 90.1 Å². The van der Waals surface area contributed by atoms with Crippen molar-refractivity contribution >= 4 is 34.8 Å². The molecule has 0 amide bonds. The Morgan fingerprint density at radius 2 is 1.60 bits per heavy atom. The first kappa shape index (κ1) is 28.6. The van der Waals surface area contributed by atoms with E-state index in [2.05, 4.69) is 42.7 Å². The molecule has 2 saturated carbocycles. The molecule has 5 atom stereocenters. The largest absolute Gasteiger partial charge is 0.297 e. The minimum Gasteiger partial charge on any atom is -0.297 e. The smallest absolute Gasteiger partial charge is 0.0840 e. The highest BCUT2D eigenvalue weighted by atomic mass is 35.5. The molecule has 0 N–H and O–H groups in total. The third-order valence-electron chi connectivity index (χ3n) is 9.88. The van der Waals surface area contributed by atoms with Crippen LogP contribution in [-0.4, -0.2) is 51.8 Å². The SMILES string of the molecule is CCC1CC2CC(C)CC(C2)C1N1CCN(Cc2nn(-c3ccc(Cl)cc3Cl)c(-c3ccc(Cl)cc3)c2C)CC1. The van der Waals surface area contributed by atoms with Crippen LogP contribution in [0.15, 0.2) is 42.5 Å². The molecule has 3 fully saturated rings. The monoisotopic (exact) mass is 598 g/mol. The van der Waals surface area contributed by atoms with Crippen LogP contribution in [0.25, 0.3) is 16.9 Å². The van der Waals surface area contributed by atoms with Gasteiger partial charge in [-0.2, -0.15) is 5.10 Å². The Balaban J connectivity index is 1.22. The van der Waals surface area contributed by atoms with Gasteiger partial charge in [0.2, 0.25) is 0 Å². The summed E-state index contributed by atoms with van der Waals surface area (Å²) in [5.41, 5.74) is 5.22. The van der Waals surface area contributed by atoms with E-state index >= 15 is 0 Å². The molecule has 3 aromatic rings. The van der Waals surface area contributed by atoms with Gasteiger partial charge in [-0.1, -0.05) is 67.2 Å². The van der Waals surface area contributed by atoms with E-state index in [-0.39, 0.29) is 0 Å². The van der Waals surface area contributed by atoms with Crippen LogP contribution in [0, 0.1) is 30.6 Å². The van der Waals surface area contributed by atoms with Crippen molar-refractivity contribution in [3.8, 4) is 16.9 Å². The van der Waals surface area contributed by atoms with E-state index < -0.39 is 0 Å². The highest BCUT2D eigenvalue weighted by Crippen LogP contribution is 2.47. The molecule has 1 aliphatic heterocycles. The maximum Gasteiger partial charge on any atom is 0.0840 e.